The fourth-order valence-corrected chi connectivity index (χ4v) is 3.51. The van der Waals surface area contributed by atoms with Crippen molar-refractivity contribution in [2.45, 2.75) is 59.9 Å². The molecule has 118 valence electrons. The lowest BCUT2D eigenvalue weighted by molar-refractivity contribution is 0.549. The standard InChI is InChI=1S/C20H28N2/c1-13(2)11-21-12-18-16-7-5-6-8-19(16)22-20-15(4)14(3)9-10-17(18)20/h9-10,13,21H,5-8,11-12H2,1-4H3. The molecule has 0 bridgehead atoms. The molecule has 3 rings (SSSR count). The van der Waals surface area contributed by atoms with Crippen LogP contribution in [0.1, 0.15) is 54.6 Å². The minimum atomic E-state index is 0.688. The van der Waals surface area contributed by atoms with E-state index in [1.54, 1.807) is 0 Å². The van der Waals surface area contributed by atoms with Crippen LogP contribution in [0.5, 0.6) is 0 Å². The van der Waals surface area contributed by atoms with Crippen LogP contribution < -0.4 is 5.32 Å². The Bertz CT molecular complexity index is 686. The van der Waals surface area contributed by atoms with Gasteiger partial charge >= 0.3 is 0 Å². The Balaban J connectivity index is 2.11. The number of hydrogen-bond donors (Lipinski definition) is 1. The van der Waals surface area contributed by atoms with E-state index in [4.69, 9.17) is 4.98 Å². The van der Waals surface area contributed by atoms with E-state index in [0.29, 0.717) is 5.92 Å². The van der Waals surface area contributed by atoms with Crippen molar-refractivity contribution in [2.24, 2.45) is 5.92 Å². The van der Waals surface area contributed by atoms with Gasteiger partial charge in [-0.3, -0.25) is 4.98 Å². The quantitative estimate of drug-likeness (QED) is 0.900. The molecule has 0 saturated heterocycles. The van der Waals surface area contributed by atoms with Gasteiger partial charge in [0, 0.05) is 17.6 Å². The summed E-state index contributed by atoms with van der Waals surface area (Å²) in [4.78, 5) is 5.05. The Hall–Kier alpha value is -1.41. The summed E-state index contributed by atoms with van der Waals surface area (Å²) in [7, 11) is 0. The average molecular weight is 296 g/mol. The van der Waals surface area contributed by atoms with Crippen LogP contribution in [0.2, 0.25) is 0 Å². The van der Waals surface area contributed by atoms with Gasteiger partial charge in [0.2, 0.25) is 0 Å². The van der Waals surface area contributed by atoms with Gasteiger partial charge in [-0.25, -0.2) is 0 Å². The van der Waals surface area contributed by atoms with Crippen molar-refractivity contribution < 1.29 is 0 Å². The molecule has 2 nitrogen and oxygen atoms in total. The maximum Gasteiger partial charge on any atom is 0.0740 e. The first-order chi connectivity index (χ1) is 10.6. The van der Waals surface area contributed by atoms with Gasteiger partial charge < -0.3 is 5.32 Å². The zero-order chi connectivity index (χ0) is 15.7. The number of aromatic nitrogens is 1. The normalized spacial score (nSPS) is 14.6. The SMILES string of the molecule is Cc1ccc2c(CNCC(C)C)c3c(nc2c1C)CCCC3. The number of pyridine rings is 1. The van der Waals surface area contributed by atoms with E-state index in [1.807, 2.05) is 0 Å². The van der Waals surface area contributed by atoms with E-state index >= 15 is 0 Å². The molecule has 22 heavy (non-hydrogen) atoms. The van der Waals surface area contributed by atoms with Gasteiger partial charge in [0.15, 0.2) is 0 Å². The molecule has 1 aliphatic rings. The second-order valence-electron chi connectivity index (χ2n) is 7.15. The predicted molar refractivity (Wildman–Crippen MR) is 94.4 cm³/mol. The van der Waals surface area contributed by atoms with E-state index in [2.05, 4.69) is 45.1 Å². The third-order valence-electron chi connectivity index (χ3n) is 4.93. The molecular formula is C20H28N2. The summed E-state index contributed by atoms with van der Waals surface area (Å²) < 4.78 is 0. The monoisotopic (exact) mass is 296 g/mol. The van der Waals surface area contributed by atoms with Crippen LogP contribution >= 0.6 is 0 Å². The van der Waals surface area contributed by atoms with E-state index in [-0.39, 0.29) is 0 Å². The van der Waals surface area contributed by atoms with E-state index in [1.165, 1.54) is 58.1 Å². The summed E-state index contributed by atoms with van der Waals surface area (Å²) in [6, 6.07) is 4.53. The highest BCUT2D eigenvalue weighted by molar-refractivity contribution is 5.87. The van der Waals surface area contributed by atoms with Gasteiger partial charge in [0.05, 0.1) is 5.52 Å². The molecular weight excluding hydrogens is 268 g/mol. The minimum Gasteiger partial charge on any atom is -0.312 e. The van der Waals surface area contributed by atoms with Crippen molar-refractivity contribution in [3.05, 3.63) is 40.1 Å². The number of benzene rings is 1. The largest absolute Gasteiger partial charge is 0.312 e. The van der Waals surface area contributed by atoms with Crippen LogP contribution in [0.25, 0.3) is 10.9 Å². The molecule has 1 aliphatic carbocycles. The molecule has 1 aromatic carbocycles. The van der Waals surface area contributed by atoms with Gasteiger partial charge in [0.1, 0.15) is 0 Å². The average Bonchev–Trinajstić information content (AvgIpc) is 2.50. The number of nitrogens with one attached hydrogen (secondary N) is 1. The smallest absolute Gasteiger partial charge is 0.0740 e. The predicted octanol–water partition coefficient (Wildman–Crippen LogP) is 4.48. The molecule has 0 fully saturated rings. The molecule has 2 aromatic rings. The van der Waals surface area contributed by atoms with Gasteiger partial charge in [-0.1, -0.05) is 26.0 Å². The van der Waals surface area contributed by atoms with Crippen molar-refractivity contribution in [1.82, 2.24) is 10.3 Å². The van der Waals surface area contributed by atoms with Crippen molar-refractivity contribution >= 4 is 10.9 Å². The molecule has 0 aliphatic heterocycles. The molecule has 0 spiro atoms. The second kappa shape index (κ2) is 6.37. The lowest BCUT2D eigenvalue weighted by Gasteiger charge is -2.22. The lowest BCUT2D eigenvalue weighted by Crippen LogP contribution is -2.21. The number of hydrogen-bond acceptors (Lipinski definition) is 2. The van der Waals surface area contributed by atoms with Crippen molar-refractivity contribution in [2.75, 3.05) is 6.54 Å². The summed E-state index contributed by atoms with van der Waals surface area (Å²) in [6.07, 6.45) is 4.94. The zero-order valence-corrected chi connectivity index (χ0v) is 14.4. The topological polar surface area (TPSA) is 24.9 Å². The van der Waals surface area contributed by atoms with Crippen LogP contribution in [0.15, 0.2) is 12.1 Å². The first-order valence-electron chi connectivity index (χ1n) is 8.69. The highest BCUT2D eigenvalue weighted by atomic mass is 14.9. The van der Waals surface area contributed by atoms with Crippen molar-refractivity contribution in [1.29, 1.82) is 0 Å². The summed E-state index contributed by atoms with van der Waals surface area (Å²) in [5, 5.41) is 5.01. The van der Waals surface area contributed by atoms with Crippen LogP contribution in [-0.2, 0) is 19.4 Å². The van der Waals surface area contributed by atoms with E-state index in [9.17, 15) is 0 Å². The Morgan fingerprint density at radius 2 is 1.91 bits per heavy atom. The molecule has 0 unspecified atom stereocenters. The fraction of sp³-hybridized carbons (Fsp3) is 0.550. The van der Waals surface area contributed by atoms with Crippen molar-refractivity contribution in [3.63, 3.8) is 0 Å². The van der Waals surface area contributed by atoms with Crippen LogP contribution in [0, 0.1) is 19.8 Å². The van der Waals surface area contributed by atoms with E-state index in [0.717, 1.165) is 19.5 Å². The van der Waals surface area contributed by atoms with Crippen LogP contribution in [0.3, 0.4) is 0 Å². The summed E-state index contributed by atoms with van der Waals surface area (Å²) in [5.41, 5.74) is 8.30. The second-order valence-corrected chi connectivity index (χ2v) is 7.15. The first kappa shape index (κ1) is 15.5. The maximum atomic E-state index is 5.05. The minimum absolute atomic E-state index is 0.688. The Morgan fingerprint density at radius 3 is 2.68 bits per heavy atom. The number of nitrogens with zero attached hydrogens (tertiary/aromatic N) is 1. The molecule has 2 heteroatoms. The zero-order valence-electron chi connectivity index (χ0n) is 14.4. The molecule has 1 heterocycles. The molecule has 0 saturated carbocycles. The van der Waals surface area contributed by atoms with Gasteiger partial charge in [-0.05, 0) is 74.2 Å². The fourth-order valence-electron chi connectivity index (χ4n) is 3.51. The highest BCUT2D eigenvalue weighted by Gasteiger charge is 2.19. The van der Waals surface area contributed by atoms with Gasteiger partial charge in [-0.2, -0.15) is 0 Å². The summed E-state index contributed by atoms with van der Waals surface area (Å²) >= 11 is 0. The maximum absolute atomic E-state index is 5.05. The van der Waals surface area contributed by atoms with E-state index < -0.39 is 0 Å². The first-order valence-corrected chi connectivity index (χ1v) is 8.69. The number of aryl methyl sites for hydroxylation is 3. The number of fused-ring (bicyclic) bond motifs is 2. The lowest BCUT2D eigenvalue weighted by atomic mass is 9.88. The summed E-state index contributed by atoms with van der Waals surface area (Å²) in [6.45, 7) is 11.0. The van der Waals surface area contributed by atoms with Crippen molar-refractivity contribution in [3.8, 4) is 0 Å². The van der Waals surface area contributed by atoms with Gasteiger partial charge in [-0.15, -0.1) is 0 Å². The Kier molecular flexibility index (Phi) is 4.49. The van der Waals surface area contributed by atoms with Crippen LogP contribution in [0.4, 0.5) is 0 Å². The molecule has 1 N–H and O–H groups in total. The number of rotatable bonds is 4. The Labute approximate surface area is 134 Å². The van der Waals surface area contributed by atoms with Crippen LogP contribution in [-0.4, -0.2) is 11.5 Å². The molecule has 0 atom stereocenters. The third-order valence-corrected chi connectivity index (χ3v) is 4.93. The molecule has 1 aromatic heterocycles. The Morgan fingerprint density at radius 1 is 1.14 bits per heavy atom. The third kappa shape index (κ3) is 2.89. The molecule has 0 amide bonds. The summed E-state index contributed by atoms with van der Waals surface area (Å²) in [5.74, 6) is 0.688. The molecule has 0 radical (unpaired) electrons. The van der Waals surface area contributed by atoms with Gasteiger partial charge in [0.25, 0.3) is 0 Å². The highest BCUT2D eigenvalue weighted by Crippen LogP contribution is 2.31.